The van der Waals surface area contributed by atoms with Gasteiger partial charge in [-0.3, -0.25) is 4.79 Å². The van der Waals surface area contributed by atoms with Crippen LogP contribution in [0.2, 0.25) is 0 Å². The van der Waals surface area contributed by atoms with Gasteiger partial charge in [0.15, 0.2) is 0 Å². The van der Waals surface area contributed by atoms with Crippen molar-refractivity contribution in [1.82, 2.24) is 19.8 Å². The summed E-state index contributed by atoms with van der Waals surface area (Å²) in [5.74, 6) is 1.51. The van der Waals surface area contributed by atoms with Gasteiger partial charge >= 0.3 is 0 Å². The Morgan fingerprint density at radius 2 is 2.00 bits per heavy atom. The predicted molar refractivity (Wildman–Crippen MR) is 144 cm³/mol. The minimum absolute atomic E-state index is 0.162. The maximum atomic E-state index is 13.8. The van der Waals surface area contributed by atoms with Crippen molar-refractivity contribution >= 4 is 16.9 Å². The number of imidazole rings is 1. The molecule has 5 nitrogen and oxygen atoms in total. The Labute approximate surface area is 215 Å². The number of fused-ring (bicyclic) bond motifs is 1. The molecule has 4 rings (SSSR count). The number of benzene rings is 2. The molecular formula is C30H41FN4O. The number of amides is 1. The van der Waals surface area contributed by atoms with Crippen LogP contribution in [0.15, 0.2) is 42.5 Å². The van der Waals surface area contributed by atoms with Crippen molar-refractivity contribution in [3.63, 3.8) is 0 Å². The van der Waals surface area contributed by atoms with E-state index < -0.39 is 5.82 Å². The Morgan fingerprint density at radius 1 is 1.19 bits per heavy atom. The maximum absolute atomic E-state index is 13.8. The molecule has 194 valence electrons. The number of carbonyl (C=O) groups is 1. The monoisotopic (exact) mass is 492 g/mol. The van der Waals surface area contributed by atoms with Crippen LogP contribution in [-0.2, 0) is 19.6 Å². The average molecular weight is 493 g/mol. The lowest BCUT2D eigenvalue weighted by Gasteiger charge is -2.25. The number of hydrogen-bond acceptors (Lipinski definition) is 3. The molecule has 36 heavy (non-hydrogen) atoms. The maximum Gasteiger partial charge on any atom is 0.254 e. The number of halogens is 1. The third-order valence-electron chi connectivity index (χ3n) is 7.15. The summed E-state index contributed by atoms with van der Waals surface area (Å²) in [6, 6.07) is 12.5. The summed E-state index contributed by atoms with van der Waals surface area (Å²) in [4.78, 5) is 20.1. The summed E-state index contributed by atoms with van der Waals surface area (Å²) in [7, 11) is 0. The Morgan fingerprint density at radius 3 is 2.72 bits per heavy atom. The fourth-order valence-electron chi connectivity index (χ4n) is 5.40. The van der Waals surface area contributed by atoms with Crippen molar-refractivity contribution in [2.75, 3.05) is 13.1 Å². The number of hydrogen-bond donors (Lipinski definition) is 1. The molecule has 1 aromatic heterocycles. The van der Waals surface area contributed by atoms with Gasteiger partial charge in [-0.1, -0.05) is 58.6 Å². The summed E-state index contributed by atoms with van der Waals surface area (Å²) in [5.41, 5.74) is 3.68. The standard InChI is InChI=1S/C30H41FN4O/c1-4-16-35-28-13-12-24(19-32-15-14-23-8-5-6-9-23)17-27(28)33-29(35)21-34(20-22(2)3)30(36)25-10-7-11-26(31)18-25/h7,10-13,17-18,22-23,32H,4-6,8-9,14-16,19-21H2,1-3H3. The molecule has 1 aliphatic rings. The zero-order valence-electron chi connectivity index (χ0n) is 22.1. The van der Waals surface area contributed by atoms with Gasteiger partial charge in [0.25, 0.3) is 5.91 Å². The molecule has 0 saturated heterocycles. The zero-order valence-corrected chi connectivity index (χ0v) is 22.1. The average Bonchev–Trinajstić information content (AvgIpc) is 3.49. The largest absolute Gasteiger partial charge is 0.331 e. The quantitative estimate of drug-likeness (QED) is 0.292. The fourth-order valence-corrected chi connectivity index (χ4v) is 5.40. The first-order valence-corrected chi connectivity index (χ1v) is 13.7. The number of aromatic nitrogens is 2. The van der Waals surface area contributed by atoms with E-state index in [0.29, 0.717) is 18.7 Å². The SMILES string of the molecule is CCCn1c(CN(CC(C)C)C(=O)c2cccc(F)c2)nc2cc(CNCCC3CCCC3)ccc21. The van der Waals surface area contributed by atoms with E-state index in [0.717, 1.165) is 48.8 Å². The summed E-state index contributed by atoms with van der Waals surface area (Å²) in [6.07, 6.45) is 7.81. The van der Waals surface area contributed by atoms with Crippen molar-refractivity contribution in [2.24, 2.45) is 11.8 Å². The van der Waals surface area contributed by atoms with Gasteiger partial charge in [0.1, 0.15) is 11.6 Å². The molecule has 0 unspecified atom stereocenters. The van der Waals surface area contributed by atoms with E-state index in [9.17, 15) is 9.18 Å². The van der Waals surface area contributed by atoms with E-state index in [2.05, 4.69) is 48.9 Å². The number of carbonyl (C=O) groups excluding carboxylic acids is 1. The van der Waals surface area contributed by atoms with Crippen LogP contribution in [0.1, 0.15) is 81.0 Å². The molecule has 3 aromatic rings. The molecule has 6 heteroatoms. The molecule has 1 aliphatic carbocycles. The molecule has 2 aromatic carbocycles. The molecule has 1 fully saturated rings. The molecule has 1 heterocycles. The molecule has 0 spiro atoms. The van der Waals surface area contributed by atoms with E-state index in [4.69, 9.17) is 4.98 Å². The normalized spacial score (nSPS) is 14.2. The summed E-state index contributed by atoms with van der Waals surface area (Å²) < 4.78 is 16.1. The first-order chi connectivity index (χ1) is 17.4. The lowest BCUT2D eigenvalue weighted by atomic mass is 10.0. The summed E-state index contributed by atoms with van der Waals surface area (Å²) in [5, 5.41) is 3.61. The van der Waals surface area contributed by atoms with Crippen LogP contribution >= 0.6 is 0 Å². The molecule has 1 amide bonds. The van der Waals surface area contributed by atoms with Crippen LogP contribution < -0.4 is 5.32 Å². The van der Waals surface area contributed by atoms with Gasteiger partial charge in [-0.25, -0.2) is 9.37 Å². The van der Waals surface area contributed by atoms with Crippen LogP contribution in [0.3, 0.4) is 0 Å². The molecule has 0 bridgehead atoms. The highest BCUT2D eigenvalue weighted by molar-refractivity contribution is 5.94. The highest BCUT2D eigenvalue weighted by Crippen LogP contribution is 2.27. The molecule has 1 N–H and O–H groups in total. The Kier molecular flexibility index (Phi) is 9.13. The fraction of sp³-hybridized carbons (Fsp3) is 0.533. The first-order valence-electron chi connectivity index (χ1n) is 13.7. The third kappa shape index (κ3) is 6.73. The topological polar surface area (TPSA) is 50.2 Å². The van der Waals surface area contributed by atoms with Gasteiger partial charge in [0.05, 0.1) is 17.6 Å². The molecule has 1 saturated carbocycles. The smallest absolute Gasteiger partial charge is 0.254 e. The second kappa shape index (κ2) is 12.5. The summed E-state index contributed by atoms with van der Waals surface area (Å²) in [6.45, 7) is 10.1. The van der Waals surface area contributed by atoms with E-state index >= 15 is 0 Å². The highest BCUT2D eigenvalue weighted by atomic mass is 19.1. The number of rotatable bonds is 12. The first kappa shape index (κ1) is 26.3. The van der Waals surface area contributed by atoms with Gasteiger partial charge in [-0.05, 0) is 67.1 Å². The highest BCUT2D eigenvalue weighted by Gasteiger charge is 2.21. The van der Waals surface area contributed by atoms with Crippen molar-refractivity contribution < 1.29 is 9.18 Å². The van der Waals surface area contributed by atoms with Crippen LogP contribution in [-0.4, -0.2) is 33.4 Å². The van der Waals surface area contributed by atoms with Crippen molar-refractivity contribution in [3.8, 4) is 0 Å². The Balaban J connectivity index is 1.52. The predicted octanol–water partition coefficient (Wildman–Crippen LogP) is 6.55. The minimum Gasteiger partial charge on any atom is -0.331 e. The number of nitrogens with zero attached hydrogens (tertiary/aromatic N) is 3. The number of aryl methyl sites for hydroxylation is 1. The molecular weight excluding hydrogens is 451 g/mol. The number of nitrogens with one attached hydrogen (secondary N) is 1. The molecule has 0 aliphatic heterocycles. The van der Waals surface area contributed by atoms with Crippen molar-refractivity contribution in [2.45, 2.75) is 78.9 Å². The second-order valence-corrected chi connectivity index (χ2v) is 10.7. The van der Waals surface area contributed by atoms with E-state index in [1.165, 1.54) is 49.8 Å². The van der Waals surface area contributed by atoms with Gasteiger partial charge in [0.2, 0.25) is 0 Å². The van der Waals surface area contributed by atoms with Gasteiger partial charge in [0, 0.05) is 25.2 Å². The van der Waals surface area contributed by atoms with Gasteiger partial charge in [-0.15, -0.1) is 0 Å². The Hall–Kier alpha value is -2.73. The third-order valence-corrected chi connectivity index (χ3v) is 7.15. The minimum atomic E-state index is -0.395. The van der Waals surface area contributed by atoms with Crippen LogP contribution in [0.5, 0.6) is 0 Å². The van der Waals surface area contributed by atoms with E-state index in [1.807, 2.05) is 0 Å². The van der Waals surface area contributed by atoms with Crippen LogP contribution in [0, 0.1) is 17.7 Å². The molecule has 0 atom stereocenters. The van der Waals surface area contributed by atoms with Crippen molar-refractivity contribution in [3.05, 3.63) is 65.2 Å². The summed E-state index contributed by atoms with van der Waals surface area (Å²) >= 11 is 0. The van der Waals surface area contributed by atoms with Crippen LogP contribution in [0.4, 0.5) is 4.39 Å². The van der Waals surface area contributed by atoms with Gasteiger partial charge in [-0.2, -0.15) is 0 Å². The second-order valence-electron chi connectivity index (χ2n) is 10.7. The van der Waals surface area contributed by atoms with Gasteiger partial charge < -0.3 is 14.8 Å². The van der Waals surface area contributed by atoms with Crippen LogP contribution in [0.25, 0.3) is 11.0 Å². The van der Waals surface area contributed by atoms with Crippen molar-refractivity contribution in [1.29, 1.82) is 0 Å². The lowest BCUT2D eigenvalue weighted by molar-refractivity contribution is 0.0715. The molecule has 0 radical (unpaired) electrons. The zero-order chi connectivity index (χ0) is 25.5. The Bertz CT molecular complexity index is 1150. The van der Waals surface area contributed by atoms with E-state index in [-0.39, 0.29) is 11.8 Å². The van der Waals surface area contributed by atoms with E-state index in [1.54, 1.807) is 17.0 Å². The lowest BCUT2D eigenvalue weighted by Crippen LogP contribution is -2.34.